The fourth-order valence-corrected chi connectivity index (χ4v) is 1.79. The van der Waals surface area contributed by atoms with Gasteiger partial charge in [-0.3, -0.25) is 0 Å². The van der Waals surface area contributed by atoms with Crippen LogP contribution >= 0.6 is 0 Å². The summed E-state index contributed by atoms with van der Waals surface area (Å²) in [6.07, 6.45) is 0. The van der Waals surface area contributed by atoms with Crippen molar-refractivity contribution in [3.63, 3.8) is 0 Å². The van der Waals surface area contributed by atoms with Crippen LogP contribution in [0, 0.1) is 25.2 Å². The van der Waals surface area contributed by atoms with E-state index in [9.17, 15) is 0 Å². The second-order valence-electron chi connectivity index (χ2n) is 3.74. The number of hydrogen-bond donors (Lipinski definition) is 1. The minimum absolute atomic E-state index is 0.573. The van der Waals surface area contributed by atoms with Crippen molar-refractivity contribution >= 4 is 5.69 Å². The monoisotopic (exact) mass is 212 g/mol. The lowest BCUT2D eigenvalue weighted by Gasteiger charge is -2.03. The van der Waals surface area contributed by atoms with Crippen LogP contribution in [0.5, 0.6) is 0 Å². The highest BCUT2D eigenvalue weighted by atomic mass is 16.3. The second-order valence-corrected chi connectivity index (χ2v) is 3.74. The SMILES string of the molecule is Cc1cc(-c2ccc(N)cc2C#N)c(C)o1. The highest BCUT2D eigenvalue weighted by Crippen LogP contribution is 2.30. The predicted molar refractivity (Wildman–Crippen MR) is 62.7 cm³/mol. The molecule has 16 heavy (non-hydrogen) atoms. The summed E-state index contributed by atoms with van der Waals surface area (Å²) >= 11 is 0. The molecular formula is C13H12N2O. The van der Waals surface area contributed by atoms with E-state index in [1.807, 2.05) is 26.0 Å². The Morgan fingerprint density at radius 2 is 1.94 bits per heavy atom. The highest BCUT2D eigenvalue weighted by molar-refractivity contribution is 5.74. The standard InChI is InChI=1S/C13H12N2O/c1-8-5-13(9(2)16-8)12-4-3-11(15)6-10(12)7-14/h3-6H,15H2,1-2H3. The molecule has 3 nitrogen and oxygen atoms in total. The molecule has 1 heterocycles. The molecule has 0 aliphatic rings. The molecule has 2 rings (SSSR count). The number of rotatable bonds is 1. The number of nitrogens with zero attached hydrogens (tertiary/aromatic N) is 1. The van der Waals surface area contributed by atoms with Crippen LogP contribution in [0.3, 0.4) is 0 Å². The van der Waals surface area contributed by atoms with Crippen LogP contribution in [0.25, 0.3) is 11.1 Å². The first-order chi connectivity index (χ1) is 7.61. The van der Waals surface area contributed by atoms with Crippen molar-refractivity contribution < 1.29 is 4.42 Å². The molecule has 0 amide bonds. The van der Waals surface area contributed by atoms with E-state index in [-0.39, 0.29) is 0 Å². The Hall–Kier alpha value is -2.21. The summed E-state index contributed by atoms with van der Waals surface area (Å²) in [5.41, 5.74) is 8.64. The molecule has 0 fully saturated rings. The average Bonchev–Trinajstić information content (AvgIpc) is 2.57. The van der Waals surface area contributed by atoms with Gasteiger partial charge in [0.05, 0.1) is 11.6 Å². The summed E-state index contributed by atoms with van der Waals surface area (Å²) < 4.78 is 5.46. The lowest BCUT2D eigenvalue weighted by molar-refractivity contribution is 0.505. The van der Waals surface area contributed by atoms with E-state index in [4.69, 9.17) is 15.4 Å². The van der Waals surface area contributed by atoms with E-state index >= 15 is 0 Å². The van der Waals surface area contributed by atoms with Gasteiger partial charge in [0.25, 0.3) is 0 Å². The van der Waals surface area contributed by atoms with E-state index in [2.05, 4.69) is 6.07 Å². The van der Waals surface area contributed by atoms with E-state index in [0.717, 1.165) is 22.6 Å². The first-order valence-corrected chi connectivity index (χ1v) is 4.99. The van der Waals surface area contributed by atoms with Crippen LogP contribution in [-0.4, -0.2) is 0 Å². The Balaban J connectivity index is 2.65. The van der Waals surface area contributed by atoms with Gasteiger partial charge in [-0.1, -0.05) is 6.07 Å². The van der Waals surface area contributed by atoms with Gasteiger partial charge in [0.1, 0.15) is 11.5 Å². The molecule has 0 bridgehead atoms. The van der Waals surface area contributed by atoms with Crippen molar-refractivity contribution in [3.8, 4) is 17.2 Å². The zero-order chi connectivity index (χ0) is 11.7. The van der Waals surface area contributed by atoms with Gasteiger partial charge in [-0.25, -0.2) is 0 Å². The van der Waals surface area contributed by atoms with Crippen LogP contribution in [0.1, 0.15) is 17.1 Å². The summed E-state index contributed by atoms with van der Waals surface area (Å²) in [7, 11) is 0. The first-order valence-electron chi connectivity index (χ1n) is 4.99. The number of furan rings is 1. The normalized spacial score (nSPS) is 10.1. The number of anilines is 1. The Morgan fingerprint density at radius 3 is 2.50 bits per heavy atom. The van der Waals surface area contributed by atoms with Crippen molar-refractivity contribution in [2.75, 3.05) is 5.73 Å². The summed E-state index contributed by atoms with van der Waals surface area (Å²) in [5, 5.41) is 9.07. The smallest absolute Gasteiger partial charge is 0.108 e. The van der Waals surface area contributed by atoms with Crippen LogP contribution in [0.2, 0.25) is 0 Å². The van der Waals surface area contributed by atoms with E-state index < -0.39 is 0 Å². The molecule has 0 saturated heterocycles. The zero-order valence-corrected chi connectivity index (χ0v) is 9.24. The van der Waals surface area contributed by atoms with Gasteiger partial charge in [-0.15, -0.1) is 0 Å². The third-order valence-electron chi connectivity index (χ3n) is 2.50. The average molecular weight is 212 g/mol. The molecule has 1 aromatic carbocycles. The van der Waals surface area contributed by atoms with Crippen LogP contribution < -0.4 is 5.73 Å². The van der Waals surface area contributed by atoms with Gasteiger partial charge in [-0.2, -0.15) is 5.26 Å². The van der Waals surface area contributed by atoms with E-state index in [0.29, 0.717) is 11.3 Å². The first kappa shape index (κ1) is 10.3. The van der Waals surface area contributed by atoms with Crippen molar-refractivity contribution in [1.82, 2.24) is 0 Å². The largest absolute Gasteiger partial charge is 0.466 e. The number of benzene rings is 1. The molecule has 0 spiro atoms. The second kappa shape index (κ2) is 3.74. The lowest BCUT2D eigenvalue weighted by Crippen LogP contribution is -1.89. The van der Waals surface area contributed by atoms with Gasteiger partial charge >= 0.3 is 0 Å². The van der Waals surface area contributed by atoms with Crippen LogP contribution in [0.15, 0.2) is 28.7 Å². The van der Waals surface area contributed by atoms with Crippen molar-refractivity contribution in [2.45, 2.75) is 13.8 Å². The number of aryl methyl sites for hydroxylation is 2. The molecule has 0 saturated carbocycles. The maximum absolute atomic E-state index is 9.07. The lowest BCUT2D eigenvalue weighted by atomic mass is 10.0. The Kier molecular flexibility index (Phi) is 2.41. The molecule has 0 radical (unpaired) electrons. The van der Waals surface area contributed by atoms with Crippen LogP contribution in [0.4, 0.5) is 5.69 Å². The highest BCUT2D eigenvalue weighted by Gasteiger charge is 2.11. The van der Waals surface area contributed by atoms with E-state index in [1.165, 1.54) is 0 Å². The molecule has 0 aliphatic carbocycles. The zero-order valence-electron chi connectivity index (χ0n) is 9.24. The number of hydrogen-bond acceptors (Lipinski definition) is 3. The van der Waals surface area contributed by atoms with Crippen molar-refractivity contribution in [1.29, 1.82) is 5.26 Å². The topological polar surface area (TPSA) is 63.0 Å². The number of nitrogens with two attached hydrogens (primary N) is 1. The number of nitriles is 1. The number of nitrogen functional groups attached to an aromatic ring is 1. The molecular weight excluding hydrogens is 200 g/mol. The van der Waals surface area contributed by atoms with E-state index in [1.54, 1.807) is 12.1 Å². The maximum Gasteiger partial charge on any atom is 0.108 e. The minimum atomic E-state index is 0.573. The molecule has 2 aromatic rings. The Labute approximate surface area is 94.1 Å². The molecule has 0 aliphatic heterocycles. The van der Waals surface area contributed by atoms with Gasteiger partial charge in [0.15, 0.2) is 0 Å². The third kappa shape index (κ3) is 1.66. The van der Waals surface area contributed by atoms with Crippen molar-refractivity contribution in [2.24, 2.45) is 0 Å². The molecule has 80 valence electrons. The summed E-state index contributed by atoms with van der Waals surface area (Å²) in [4.78, 5) is 0. The predicted octanol–water partition coefficient (Wildman–Crippen LogP) is 3.02. The van der Waals surface area contributed by atoms with Gasteiger partial charge < -0.3 is 10.2 Å². The summed E-state index contributed by atoms with van der Waals surface area (Å²) in [5.74, 6) is 1.66. The molecule has 3 heteroatoms. The fourth-order valence-electron chi connectivity index (χ4n) is 1.79. The third-order valence-corrected chi connectivity index (χ3v) is 2.50. The molecule has 1 aromatic heterocycles. The minimum Gasteiger partial charge on any atom is -0.466 e. The maximum atomic E-state index is 9.07. The van der Waals surface area contributed by atoms with Crippen molar-refractivity contribution in [3.05, 3.63) is 41.3 Å². The molecule has 2 N–H and O–H groups in total. The fraction of sp³-hybridized carbons (Fsp3) is 0.154. The van der Waals surface area contributed by atoms with Gasteiger partial charge in [0.2, 0.25) is 0 Å². The van der Waals surface area contributed by atoms with Gasteiger partial charge in [-0.05, 0) is 32.0 Å². The molecule has 0 atom stereocenters. The van der Waals surface area contributed by atoms with Gasteiger partial charge in [0, 0.05) is 16.8 Å². The quantitative estimate of drug-likeness (QED) is 0.739. The Morgan fingerprint density at radius 1 is 1.19 bits per heavy atom. The Bertz CT molecular complexity index is 576. The molecule has 0 unspecified atom stereocenters. The van der Waals surface area contributed by atoms with Crippen LogP contribution in [-0.2, 0) is 0 Å². The summed E-state index contributed by atoms with van der Waals surface area (Å²) in [6, 6.07) is 9.40. The summed E-state index contributed by atoms with van der Waals surface area (Å²) in [6.45, 7) is 3.78.